The Morgan fingerprint density at radius 3 is 2.73 bits per heavy atom. The van der Waals surface area contributed by atoms with E-state index in [-0.39, 0.29) is 17.9 Å². The van der Waals surface area contributed by atoms with E-state index in [1.54, 1.807) is 18.6 Å². The van der Waals surface area contributed by atoms with Crippen LogP contribution in [0.25, 0.3) is 0 Å². The zero-order valence-electron chi connectivity index (χ0n) is 17.0. The number of hydrogen-bond acceptors (Lipinski definition) is 6. The smallest absolute Gasteiger partial charge is 0.224 e. The number of ether oxygens (including phenoxy) is 1. The third kappa shape index (κ3) is 5.28. The van der Waals surface area contributed by atoms with Crippen molar-refractivity contribution in [2.24, 2.45) is 5.92 Å². The van der Waals surface area contributed by atoms with Gasteiger partial charge in [-0.1, -0.05) is 23.7 Å². The van der Waals surface area contributed by atoms with Crippen LogP contribution in [0.2, 0.25) is 5.02 Å². The highest BCUT2D eigenvalue weighted by molar-refractivity contribution is 6.30. The molecular formula is C22H28ClN5O2. The molecule has 0 spiro atoms. The second-order valence-electron chi connectivity index (χ2n) is 7.81. The molecule has 7 nitrogen and oxygen atoms in total. The Kier molecular flexibility index (Phi) is 7.15. The van der Waals surface area contributed by atoms with E-state index in [0.29, 0.717) is 26.3 Å². The van der Waals surface area contributed by atoms with Gasteiger partial charge in [0.25, 0.3) is 0 Å². The second kappa shape index (κ2) is 10.2. The maximum absolute atomic E-state index is 13.0. The molecule has 1 N–H and O–H groups in total. The lowest BCUT2D eigenvalue weighted by Gasteiger charge is -2.36. The van der Waals surface area contributed by atoms with Crippen molar-refractivity contribution in [2.45, 2.75) is 18.9 Å². The molecule has 4 rings (SSSR count). The van der Waals surface area contributed by atoms with Crippen LogP contribution in [0.5, 0.6) is 0 Å². The minimum Gasteiger partial charge on any atom is -0.379 e. The van der Waals surface area contributed by atoms with Crippen molar-refractivity contribution >= 4 is 23.3 Å². The maximum Gasteiger partial charge on any atom is 0.224 e. The number of piperidine rings is 1. The van der Waals surface area contributed by atoms with E-state index >= 15 is 0 Å². The largest absolute Gasteiger partial charge is 0.379 e. The lowest BCUT2D eigenvalue weighted by molar-refractivity contribution is -0.125. The Hall–Kier alpha value is -2.22. The van der Waals surface area contributed by atoms with Gasteiger partial charge in [0.2, 0.25) is 5.91 Å². The van der Waals surface area contributed by atoms with Gasteiger partial charge in [0.15, 0.2) is 0 Å². The first kappa shape index (κ1) is 21.0. The second-order valence-corrected chi connectivity index (χ2v) is 8.25. The van der Waals surface area contributed by atoms with Crippen molar-refractivity contribution in [2.75, 3.05) is 50.8 Å². The van der Waals surface area contributed by atoms with Gasteiger partial charge in [-0.15, -0.1) is 0 Å². The standard InChI is InChI=1S/C22H28ClN5O2/c23-19-5-3-17(4-6-19)20(27-10-12-30-13-11-27)14-26-22(29)18-2-1-9-28(16-18)21-15-24-7-8-25-21/h3-8,15,18,20H,1-2,9-14,16H2,(H,26,29). The van der Waals surface area contributed by atoms with Crippen LogP contribution in [0.3, 0.4) is 0 Å². The number of anilines is 1. The van der Waals surface area contributed by atoms with Crippen LogP contribution in [0, 0.1) is 5.92 Å². The molecular weight excluding hydrogens is 402 g/mol. The zero-order valence-corrected chi connectivity index (χ0v) is 17.8. The van der Waals surface area contributed by atoms with Crippen LogP contribution in [0.4, 0.5) is 5.82 Å². The van der Waals surface area contributed by atoms with Crippen LogP contribution < -0.4 is 10.2 Å². The fourth-order valence-corrected chi connectivity index (χ4v) is 4.35. The summed E-state index contributed by atoms with van der Waals surface area (Å²) in [6.45, 7) is 5.29. The van der Waals surface area contributed by atoms with E-state index in [2.05, 4.69) is 25.1 Å². The highest BCUT2D eigenvalue weighted by atomic mass is 35.5. The first-order valence-electron chi connectivity index (χ1n) is 10.6. The first-order chi connectivity index (χ1) is 14.7. The van der Waals surface area contributed by atoms with Crippen LogP contribution in [0.15, 0.2) is 42.9 Å². The highest BCUT2D eigenvalue weighted by Crippen LogP contribution is 2.24. The van der Waals surface area contributed by atoms with Gasteiger partial charge in [0.1, 0.15) is 5.82 Å². The lowest BCUT2D eigenvalue weighted by Crippen LogP contribution is -2.47. The highest BCUT2D eigenvalue weighted by Gasteiger charge is 2.28. The van der Waals surface area contributed by atoms with Gasteiger partial charge in [-0.25, -0.2) is 4.98 Å². The van der Waals surface area contributed by atoms with Gasteiger partial charge in [0.05, 0.1) is 31.4 Å². The number of carbonyl (C=O) groups is 1. The van der Waals surface area contributed by atoms with Crippen molar-refractivity contribution in [1.29, 1.82) is 0 Å². The number of halogens is 1. The van der Waals surface area contributed by atoms with E-state index in [9.17, 15) is 4.79 Å². The lowest BCUT2D eigenvalue weighted by atomic mass is 9.96. The molecule has 0 aliphatic carbocycles. The van der Waals surface area contributed by atoms with Gasteiger partial charge in [-0.3, -0.25) is 14.7 Å². The monoisotopic (exact) mass is 429 g/mol. The average molecular weight is 430 g/mol. The molecule has 2 atom stereocenters. The number of morpholine rings is 1. The van der Waals surface area contributed by atoms with Gasteiger partial charge >= 0.3 is 0 Å². The number of aromatic nitrogens is 2. The molecule has 2 saturated heterocycles. The molecule has 2 aromatic rings. The quantitative estimate of drug-likeness (QED) is 0.760. The van der Waals surface area contributed by atoms with Crippen molar-refractivity contribution in [3.63, 3.8) is 0 Å². The summed E-state index contributed by atoms with van der Waals surface area (Å²) < 4.78 is 5.51. The summed E-state index contributed by atoms with van der Waals surface area (Å²) in [5, 5.41) is 3.94. The number of hydrogen-bond donors (Lipinski definition) is 1. The molecule has 160 valence electrons. The topological polar surface area (TPSA) is 70.6 Å². The van der Waals surface area contributed by atoms with E-state index < -0.39 is 0 Å². The van der Waals surface area contributed by atoms with E-state index in [4.69, 9.17) is 16.3 Å². The fraction of sp³-hybridized carbons (Fsp3) is 0.500. The number of nitrogens with one attached hydrogen (secondary N) is 1. The van der Waals surface area contributed by atoms with Gasteiger partial charge in [-0.2, -0.15) is 0 Å². The molecule has 0 bridgehead atoms. The molecule has 1 aromatic heterocycles. The SMILES string of the molecule is O=C(NCC(c1ccc(Cl)cc1)N1CCOCC1)C1CCCN(c2cnccn2)C1. The Balaban J connectivity index is 1.39. The minimum absolute atomic E-state index is 0.0451. The zero-order chi connectivity index (χ0) is 20.8. The van der Waals surface area contributed by atoms with Crippen LogP contribution in [-0.4, -0.2) is 66.7 Å². The third-order valence-corrected chi connectivity index (χ3v) is 6.13. The van der Waals surface area contributed by atoms with Crippen molar-refractivity contribution < 1.29 is 9.53 Å². The van der Waals surface area contributed by atoms with Crippen molar-refractivity contribution in [3.05, 3.63) is 53.4 Å². The maximum atomic E-state index is 13.0. The molecule has 2 unspecified atom stereocenters. The van der Waals surface area contributed by atoms with Crippen LogP contribution in [0.1, 0.15) is 24.4 Å². The molecule has 0 saturated carbocycles. The molecule has 1 amide bonds. The molecule has 2 aliphatic rings. The molecule has 8 heteroatoms. The number of amides is 1. The average Bonchev–Trinajstić information content (AvgIpc) is 2.81. The minimum atomic E-state index is -0.0451. The van der Waals surface area contributed by atoms with Gasteiger partial charge in [-0.05, 0) is 30.5 Å². The predicted octanol–water partition coefficient (Wildman–Crippen LogP) is 2.54. The first-order valence-corrected chi connectivity index (χ1v) is 10.9. The molecule has 30 heavy (non-hydrogen) atoms. The van der Waals surface area contributed by atoms with Crippen molar-refractivity contribution in [1.82, 2.24) is 20.2 Å². The summed E-state index contributed by atoms with van der Waals surface area (Å²) in [7, 11) is 0. The molecule has 2 aliphatic heterocycles. The van der Waals surface area contributed by atoms with E-state index in [0.717, 1.165) is 48.9 Å². The summed E-state index contributed by atoms with van der Waals surface area (Å²) in [5.74, 6) is 0.898. The number of benzene rings is 1. The summed E-state index contributed by atoms with van der Waals surface area (Å²) in [6.07, 6.45) is 6.98. The normalized spacial score (nSPS) is 21.2. The summed E-state index contributed by atoms with van der Waals surface area (Å²) in [5.41, 5.74) is 1.16. The van der Waals surface area contributed by atoms with E-state index in [1.165, 1.54) is 0 Å². The Labute approximate surface area is 182 Å². The van der Waals surface area contributed by atoms with E-state index in [1.807, 2.05) is 24.3 Å². The summed E-state index contributed by atoms with van der Waals surface area (Å²) in [6, 6.07) is 8.02. The summed E-state index contributed by atoms with van der Waals surface area (Å²) >= 11 is 6.08. The van der Waals surface area contributed by atoms with Gasteiger partial charge < -0.3 is 15.0 Å². The van der Waals surface area contributed by atoms with Crippen molar-refractivity contribution in [3.8, 4) is 0 Å². The Morgan fingerprint density at radius 2 is 2.00 bits per heavy atom. The number of carbonyl (C=O) groups excluding carboxylic acids is 1. The number of nitrogens with zero attached hydrogens (tertiary/aromatic N) is 4. The van der Waals surface area contributed by atoms with Crippen LogP contribution >= 0.6 is 11.6 Å². The van der Waals surface area contributed by atoms with Crippen LogP contribution in [-0.2, 0) is 9.53 Å². The third-order valence-electron chi connectivity index (χ3n) is 5.88. The summed E-state index contributed by atoms with van der Waals surface area (Å²) in [4.78, 5) is 26.1. The number of rotatable bonds is 6. The predicted molar refractivity (Wildman–Crippen MR) is 117 cm³/mol. The van der Waals surface area contributed by atoms with Gasteiger partial charge in [0, 0.05) is 50.1 Å². The fourth-order valence-electron chi connectivity index (χ4n) is 4.23. The Bertz CT molecular complexity index is 814. The molecule has 2 fully saturated rings. The molecule has 1 aromatic carbocycles. The molecule has 0 radical (unpaired) electrons. The Morgan fingerprint density at radius 1 is 1.20 bits per heavy atom. The molecule has 3 heterocycles.